The van der Waals surface area contributed by atoms with Crippen LogP contribution in [0.25, 0.3) is 0 Å². The zero-order valence-corrected chi connectivity index (χ0v) is 13.1. The van der Waals surface area contributed by atoms with Gasteiger partial charge in [-0.2, -0.15) is 5.10 Å². The highest BCUT2D eigenvalue weighted by molar-refractivity contribution is 6.42. The third-order valence-electron chi connectivity index (χ3n) is 3.50. The zero-order valence-electron chi connectivity index (χ0n) is 11.6. The van der Waals surface area contributed by atoms with Crippen LogP contribution in [-0.4, -0.2) is 40.7 Å². The molecule has 1 aromatic heterocycles. The van der Waals surface area contributed by atoms with Gasteiger partial charge in [-0.3, -0.25) is 9.89 Å². The number of halogens is 2. The molecular weight excluding hydrogens is 327 g/mol. The van der Waals surface area contributed by atoms with Gasteiger partial charge in [-0.1, -0.05) is 29.3 Å². The second-order valence-corrected chi connectivity index (χ2v) is 5.81. The van der Waals surface area contributed by atoms with Gasteiger partial charge in [0.1, 0.15) is 17.6 Å². The number of carbonyl (C=O) groups excluding carboxylic acids is 1. The van der Waals surface area contributed by atoms with Crippen molar-refractivity contribution >= 4 is 34.9 Å². The van der Waals surface area contributed by atoms with Crippen molar-refractivity contribution < 1.29 is 9.53 Å². The maximum atomic E-state index is 12.4. The smallest absolute Gasteiger partial charge is 0.272 e. The predicted molar refractivity (Wildman–Crippen MR) is 84.1 cm³/mol. The number of hydrogen-bond acceptors (Lipinski definition) is 4. The van der Waals surface area contributed by atoms with Gasteiger partial charge < -0.3 is 15.4 Å². The minimum Gasteiger partial charge on any atom is -0.382 e. The van der Waals surface area contributed by atoms with Crippen molar-refractivity contribution in [3.63, 3.8) is 0 Å². The lowest BCUT2D eigenvalue weighted by molar-refractivity contribution is -0.0230. The van der Waals surface area contributed by atoms with Crippen LogP contribution in [0.4, 0.5) is 5.82 Å². The number of aromatic amines is 1. The molecule has 0 aliphatic carbocycles. The van der Waals surface area contributed by atoms with Gasteiger partial charge in [-0.15, -0.1) is 0 Å². The minimum atomic E-state index is -0.243. The van der Waals surface area contributed by atoms with Gasteiger partial charge in [0.15, 0.2) is 0 Å². The number of morpholine rings is 1. The number of rotatable bonds is 2. The van der Waals surface area contributed by atoms with Gasteiger partial charge in [0.25, 0.3) is 5.91 Å². The number of benzene rings is 1. The van der Waals surface area contributed by atoms with Crippen LogP contribution in [0.3, 0.4) is 0 Å². The van der Waals surface area contributed by atoms with E-state index < -0.39 is 0 Å². The summed E-state index contributed by atoms with van der Waals surface area (Å²) in [5.74, 6) is 0.134. The van der Waals surface area contributed by atoms with Crippen LogP contribution in [0, 0.1) is 0 Å². The lowest BCUT2D eigenvalue weighted by Crippen LogP contribution is -2.42. The van der Waals surface area contributed by atoms with Crippen LogP contribution < -0.4 is 5.73 Å². The molecule has 3 rings (SSSR count). The van der Waals surface area contributed by atoms with Crippen LogP contribution in [0.5, 0.6) is 0 Å². The average Bonchev–Trinajstić information content (AvgIpc) is 2.96. The highest BCUT2D eigenvalue weighted by Crippen LogP contribution is 2.29. The Bertz CT molecular complexity index is 704. The molecule has 2 heterocycles. The van der Waals surface area contributed by atoms with Crippen molar-refractivity contribution in [2.45, 2.75) is 6.10 Å². The average molecular weight is 341 g/mol. The third-order valence-corrected chi connectivity index (χ3v) is 4.24. The number of H-pyrrole nitrogens is 1. The van der Waals surface area contributed by atoms with Gasteiger partial charge in [0.05, 0.1) is 23.2 Å². The molecule has 1 aliphatic heterocycles. The molecule has 0 bridgehead atoms. The first-order valence-electron chi connectivity index (χ1n) is 6.71. The van der Waals surface area contributed by atoms with E-state index in [0.29, 0.717) is 35.4 Å². The lowest BCUT2D eigenvalue weighted by Gasteiger charge is -2.33. The SMILES string of the molecule is Nc1cc(C(=O)N2CCO[C@@H](c3ccc(Cl)c(Cl)c3)C2)[nH]n1. The van der Waals surface area contributed by atoms with Crippen molar-refractivity contribution in [1.82, 2.24) is 15.1 Å². The molecule has 116 valence electrons. The van der Waals surface area contributed by atoms with Crippen molar-refractivity contribution in [1.29, 1.82) is 0 Å². The fourth-order valence-electron chi connectivity index (χ4n) is 2.37. The fourth-order valence-corrected chi connectivity index (χ4v) is 2.67. The molecule has 2 aromatic rings. The molecule has 0 unspecified atom stereocenters. The summed E-state index contributed by atoms with van der Waals surface area (Å²) in [6, 6.07) is 6.85. The van der Waals surface area contributed by atoms with E-state index in [4.69, 9.17) is 33.7 Å². The first kappa shape index (κ1) is 15.1. The van der Waals surface area contributed by atoms with Crippen LogP contribution in [0.2, 0.25) is 10.0 Å². The minimum absolute atomic E-state index is 0.155. The molecule has 6 nitrogen and oxygen atoms in total. The topological polar surface area (TPSA) is 84.2 Å². The quantitative estimate of drug-likeness (QED) is 0.879. The highest BCUT2D eigenvalue weighted by Gasteiger charge is 2.27. The fraction of sp³-hybridized carbons (Fsp3) is 0.286. The molecule has 1 fully saturated rings. The van der Waals surface area contributed by atoms with E-state index in [0.717, 1.165) is 5.56 Å². The van der Waals surface area contributed by atoms with Gasteiger partial charge >= 0.3 is 0 Å². The molecule has 1 amide bonds. The zero-order chi connectivity index (χ0) is 15.7. The molecular formula is C14H14Cl2N4O2. The van der Waals surface area contributed by atoms with Crippen molar-refractivity contribution in [2.24, 2.45) is 0 Å². The summed E-state index contributed by atoms with van der Waals surface area (Å²) in [7, 11) is 0. The van der Waals surface area contributed by atoms with Crippen molar-refractivity contribution in [2.75, 3.05) is 25.4 Å². The maximum Gasteiger partial charge on any atom is 0.272 e. The number of amides is 1. The van der Waals surface area contributed by atoms with E-state index in [9.17, 15) is 4.79 Å². The Morgan fingerprint density at radius 2 is 2.18 bits per heavy atom. The molecule has 0 saturated carbocycles. The number of anilines is 1. The summed E-state index contributed by atoms with van der Waals surface area (Å²) < 4.78 is 5.73. The van der Waals surface area contributed by atoms with Gasteiger partial charge in [-0.05, 0) is 17.7 Å². The summed E-state index contributed by atoms with van der Waals surface area (Å²) in [6.45, 7) is 1.38. The Hall–Kier alpha value is -1.76. The number of hydrogen-bond donors (Lipinski definition) is 2. The number of nitrogens with two attached hydrogens (primary N) is 1. The van der Waals surface area contributed by atoms with Crippen molar-refractivity contribution in [3.8, 4) is 0 Å². The molecule has 8 heteroatoms. The normalized spacial score (nSPS) is 18.5. The summed E-state index contributed by atoms with van der Waals surface area (Å²) in [4.78, 5) is 14.1. The van der Waals surface area contributed by atoms with E-state index in [1.54, 1.807) is 17.0 Å². The molecule has 1 saturated heterocycles. The molecule has 22 heavy (non-hydrogen) atoms. The molecule has 3 N–H and O–H groups in total. The van der Waals surface area contributed by atoms with Crippen LogP contribution >= 0.6 is 23.2 Å². The third kappa shape index (κ3) is 3.04. The first-order valence-corrected chi connectivity index (χ1v) is 7.47. The van der Waals surface area contributed by atoms with Crippen LogP contribution in [0.1, 0.15) is 22.2 Å². The largest absolute Gasteiger partial charge is 0.382 e. The standard InChI is InChI=1S/C14H14Cl2N4O2/c15-9-2-1-8(5-10(9)16)12-7-20(3-4-22-12)14(21)11-6-13(17)19-18-11/h1-2,5-6,12H,3-4,7H2,(H3,17,18,19)/t12-/m1/s1. The number of ether oxygens (including phenoxy) is 1. The highest BCUT2D eigenvalue weighted by atomic mass is 35.5. The molecule has 1 atom stereocenters. The summed E-state index contributed by atoms with van der Waals surface area (Å²) in [5.41, 5.74) is 6.78. The van der Waals surface area contributed by atoms with Gasteiger partial charge in [0.2, 0.25) is 0 Å². The predicted octanol–water partition coefficient (Wildman–Crippen LogP) is 2.51. The van der Waals surface area contributed by atoms with E-state index in [1.165, 1.54) is 6.07 Å². The Balaban J connectivity index is 1.76. The summed E-state index contributed by atoms with van der Waals surface area (Å²) in [5, 5.41) is 7.35. The number of nitrogens with one attached hydrogen (secondary N) is 1. The lowest BCUT2D eigenvalue weighted by atomic mass is 10.1. The molecule has 1 aliphatic rings. The second kappa shape index (κ2) is 6.16. The number of aromatic nitrogens is 2. The second-order valence-electron chi connectivity index (χ2n) is 4.99. The van der Waals surface area contributed by atoms with E-state index >= 15 is 0 Å². The Labute approximate surface area is 137 Å². The van der Waals surface area contributed by atoms with E-state index in [1.807, 2.05) is 6.07 Å². The Morgan fingerprint density at radius 1 is 1.36 bits per heavy atom. The first-order chi connectivity index (χ1) is 10.5. The number of carbonyl (C=O) groups is 1. The summed E-state index contributed by atoms with van der Waals surface area (Å²) >= 11 is 12.0. The molecule has 1 aromatic carbocycles. The van der Waals surface area contributed by atoms with Crippen LogP contribution in [-0.2, 0) is 4.74 Å². The van der Waals surface area contributed by atoms with Crippen molar-refractivity contribution in [3.05, 3.63) is 45.6 Å². The number of nitrogen functional groups attached to an aromatic ring is 1. The van der Waals surface area contributed by atoms with E-state index in [-0.39, 0.29) is 17.8 Å². The summed E-state index contributed by atoms with van der Waals surface area (Å²) in [6.07, 6.45) is -0.243. The number of nitrogens with zero attached hydrogens (tertiary/aromatic N) is 2. The Kier molecular flexibility index (Phi) is 4.24. The Morgan fingerprint density at radius 3 is 2.86 bits per heavy atom. The van der Waals surface area contributed by atoms with Gasteiger partial charge in [-0.25, -0.2) is 0 Å². The molecule has 0 radical (unpaired) electrons. The maximum absolute atomic E-state index is 12.4. The van der Waals surface area contributed by atoms with Gasteiger partial charge in [0, 0.05) is 12.6 Å². The monoisotopic (exact) mass is 340 g/mol. The van der Waals surface area contributed by atoms with Crippen LogP contribution in [0.15, 0.2) is 24.3 Å². The molecule has 0 spiro atoms. The van der Waals surface area contributed by atoms with E-state index in [2.05, 4.69) is 10.2 Å².